The molecule has 3 rings (SSSR count). The van der Waals surface area contributed by atoms with Gasteiger partial charge in [-0.2, -0.15) is 0 Å². The molecule has 0 N–H and O–H groups in total. The Morgan fingerprint density at radius 1 is 0.786 bits per heavy atom. The molecule has 3 fully saturated rings. The third-order valence-electron chi connectivity index (χ3n) is 4.88. The highest BCUT2D eigenvalue weighted by Gasteiger charge is 2.50. The molecule has 0 spiro atoms. The van der Waals surface area contributed by atoms with E-state index < -0.39 is 0 Å². The Morgan fingerprint density at radius 3 is 1.64 bits per heavy atom. The topological polar surface area (TPSA) is 6.48 Å². The summed E-state index contributed by atoms with van der Waals surface area (Å²) < 4.78 is 0. The summed E-state index contributed by atoms with van der Waals surface area (Å²) >= 11 is 0. The molecule has 0 unspecified atom stereocenters. The van der Waals surface area contributed by atoms with Crippen LogP contribution in [0.5, 0.6) is 0 Å². The van der Waals surface area contributed by atoms with Gasteiger partial charge in [0.25, 0.3) is 0 Å². The first-order valence-corrected chi connectivity index (χ1v) is 6.13. The minimum Gasteiger partial charge on any atom is -0.295 e. The van der Waals surface area contributed by atoms with Gasteiger partial charge in [0, 0.05) is 24.2 Å². The summed E-state index contributed by atoms with van der Waals surface area (Å²) in [5.74, 6) is 0. The van der Waals surface area contributed by atoms with Crippen LogP contribution in [0.1, 0.15) is 39.5 Å². The second kappa shape index (κ2) is 2.73. The van der Waals surface area contributed by atoms with Gasteiger partial charge in [0.2, 0.25) is 0 Å². The van der Waals surface area contributed by atoms with Crippen LogP contribution in [-0.2, 0) is 0 Å². The third kappa shape index (κ3) is 1.10. The summed E-state index contributed by atoms with van der Waals surface area (Å²) in [5, 5.41) is 0. The maximum atomic E-state index is 2.76. The molecule has 3 heterocycles. The summed E-state index contributed by atoms with van der Waals surface area (Å²) in [6.45, 7) is 10.3. The average molecular weight is 194 g/mol. The molecule has 3 saturated heterocycles. The van der Waals surface area contributed by atoms with Crippen molar-refractivity contribution in [2.45, 2.75) is 50.6 Å². The molecule has 0 aromatic carbocycles. The van der Waals surface area contributed by atoms with Gasteiger partial charge in [-0.25, -0.2) is 0 Å². The standard InChI is InChI=1S/C12H22N2/c1-11-5-3-7-13(11)10-12(2)6-4-8-14(12)9-11/h3-10H2,1-2H3/t11-,12-/m0/s1. The van der Waals surface area contributed by atoms with Crippen LogP contribution >= 0.6 is 0 Å². The zero-order chi connectivity index (χ0) is 9.81. The molecule has 3 aliphatic rings. The van der Waals surface area contributed by atoms with E-state index in [1.165, 1.54) is 51.9 Å². The lowest BCUT2D eigenvalue weighted by atomic mass is 9.88. The molecule has 80 valence electrons. The lowest BCUT2D eigenvalue weighted by molar-refractivity contribution is -0.0271. The molecule has 0 aliphatic carbocycles. The normalized spacial score (nSPS) is 49.3. The van der Waals surface area contributed by atoms with Crippen molar-refractivity contribution in [3.05, 3.63) is 0 Å². The minimum atomic E-state index is 0.518. The molecule has 2 heteroatoms. The Labute approximate surface area is 87.3 Å². The van der Waals surface area contributed by atoms with E-state index in [0.717, 1.165) is 0 Å². The number of rotatable bonds is 0. The van der Waals surface area contributed by atoms with Crippen molar-refractivity contribution in [2.75, 3.05) is 26.2 Å². The number of hydrogen-bond donors (Lipinski definition) is 0. The molecule has 14 heavy (non-hydrogen) atoms. The van der Waals surface area contributed by atoms with Gasteiger partial charge in [-0.05, 0) is 52.6 Å². The van der Waals surface area contributed by atoms with Crippen molar-refractivity contribution in [1.82, 2.24) is 9.80 Å². The molecule has 0 amide bonds. The Balaban J connectivity index is 1.88. The summed E-state index contributed by atoms with van der Waals surface area (Å²) in [7, 11) is 0. The van der Waals surface area contributed by atoms with Crippen molar-refractivity contribution in [3.8, 4) is 0 Å². The van der Waals surface area contributed by atoms with Gasteiger partial charge in [-0.3, -0.25) is 9.80 Å². The maximum absolute atomic E-state index is 2.76. The molecule has 2 nitrogen and oxygen atoms in total. The van der Waals surface area contributed by atoms with Crippen LogP contribution in [0.25, 0.3) is 0 Å². The van der Waals surface area contributed by atoms with Crippen LogP contribution in [0.2, 0.25) is 0 Å². The molecule has 0 bridgehead atoms. The predicted octanol–water partition coefficient (Wildman–Crippen LogP) is 1.71. The van der Waals surface area contributed by atoms with Gasteiger partial charge in [0.05, 0.1) is 0 Å². The number of hydrogen-bond acceptors (Lipinski definition) is 2. The molecule has 0 aromatic heterocycles. The van der Waals surface area contributed by atoms with Crippen LogP contribution in [0.3, 0.4) is 0 Å². The second-order valence-corrected chi connectivity index (χ2v) is 6.04. The fourth-order valence-corrected chi connectivity index (χ4v) is 3.88. The van der Waals surface area contributed by atoms with Crippen molar-refractivity contribution < 1.29 is 0 Å². The first kappa shape index (κ1) is 9.17. The number of nitrogens with zero attached hydrogens (tertiary/aromatic N) is 2. The average Bonchev–Trinajstić information content (AvgIpc) is 2.61. The Kier molecular flexibility index (Phi) is 1.79. The minimum absolute atomic E-state index is 0.518. The predicted molar refractivity (Wildman–Crippen MR) is 58.4 cm³/mol. The zero-order valence-corrected chi connectivity index (χ0v) is 9.55. The fraction of sp³-hybridized carbons (Fsp3) is 1.00. The van der Waals surface area contributed by atoms with Crippen LogP contribution < -0.4 is 0 Å². The van der Waals surface area contributed by atoms with Crippen LogP contribution in [0.15, 0.2) is 0 Å². The van der Waals surface area contributed by atoms with E-state index in [0.29, 0.717) is 11.1 Å². The highest BCUT2D eigenvalue weighted by molar-refractivity contribution is 5.08. The van der Waals surface area contributed by atoms with Gasteiger partial charge >= 0.3 is 0 Å². The van der Waals surface area contributed by atoms with Crippen LogP contribution in [-0.4, -0.2) is 47.1 Å². The van der Waals surface area contributed by atoms with Crippen molar-refractivity contribution >= 4 is 0 Å². The summed E-state index contributed by atoms with van der Waals surface area (Å²) in [6.07, 6.45) is 5.67. The van der Waals surface area contributed by atoms with Gasteiger partial charge < -0.3 is 0 Å². The van der Waals surface area contributed by atoms with E-state index in [1.54, 1.807) is 0 Å². The zero-order valence-electron chi connectivity index (χ0n) is 9.55. The highest BCUT2D eigenvalue weighted by atomic mass is 15.4. The maximum Gasteiger partial charge on any atom is 0.0309 e. The quantitative estimate of drug-likeness (QED) is 0.579. The summed E-state index contributed by atoms with van der Waals surface area (Å²) in [4.78, 5) is 5.52. The lowest BCUT2D eigenvalue weighted by Crippen LogP contribution is -2.65. The van der Waals surface area contributed by atoms with Crippen LogP contribution in [0, 0.1) is 0 Å². The van der Waals surface area contributed by atoms with E-state index in [4.69, 9.17) is 0 Å². The monoisotopic (exact) mass is 194 g/mol. The molecule has 0 aromatic rings. The smallest absolute Gasteiger partial charge is 0.0309 e. The van der Waals surface area contributed by atoms with E-state index in [2.05, 4.69) is 23.6 Å². The molecular formula is C12H22N2. The summed E-state index contributed by atoms with van der Waals surface area (Å²) in [5.41, 5.74) is 1.04. The first-order valence-electron chi connectivity index (χ1n) is 6.13. The number of fused-ring (bicyclic) bond motifs is 2. The fourth-order valence-electron chi connectivity index (χ4n) is 3.88. The molecule has 2 atom stereocenters. The van der Waals surface area contributed by atoms with Crippen molar-refractivity contribution in [2.24, 2.45) is 0 Å². The molecule has 3 aliphatic heterocycles. The van der Waals surface area contributed by atoms with Crippen LogP contribution in [0.4, 0.5) is 0 Å². The highest BCUT2D eigenvalue weighted by Crippen LogP contribution is 2.42. The Hall–Kier alpha value is -0.0800. The first-order chi connectivity index (χ1) is 6.62. The van der Waals surface area contributed by atoms with Gasteiger partial charge in [-0.1, -0.05) is 0 Å². The molecular weight excluding hydrogens is 172 g/mol. The largest absolute Gasteiger partial charge is 0.295 e. The summed E-state index contributed by atoms with van der Waals surface area (Å²) in [6, 6.07) is 0. The van der Waals surface area contributed by atoms with Gasteiger partial charge in [0.1, 0.15) is 0 Å². The van der Waals surface area contributed by atoms with E-state index in [-0.39, 0.29) is 0 Å². The number of piperazine rings is 1. The van der Waals surface area contributed by atoms with E-state index >= 15 is 0 Å². The molecule has 0 saturated carbocycles. The third-order valence-corrected chi connectivity index (χ3v) is 4.88. The van der Waals surface area contributed by atoms with Gasteiger partial charge in [0.15, 0.2) is 0 Å². The van der Waals surface area contributed by atoms with Crippen molar-refractivity contribution in [3.63, 3.8) is 0 Å². The molecule has 0 radical (unpaired) electrons. The SMILES string of the molecule is C[C@@]12CCCN1C[C@]1(C)CCCN1C2. The second-order valence-electron chi connectivity index (χ2n) is 6.04. The van der Waals surface area contributed by atoms with E-state index in [9.17, 15) is 0 Å². The lowest BCUT2D eigenvalue weighted by Gasteiger charge is -2.52. The Morgan fingerprint density at radius 2 is 1.21 bits per heavy atom. The van der Waals surface area contributed by atoms with Crippen molar-refractivity contribution in [1.29, 1.82) is 0 Å². The Bertz CT molecular complexity index is 227. The van der Waals surface area contributed by atoms with E-state index in [1.807, 2.05) is 0 Å². The van der Waals surface area contributed by atoms with Gasteiger partial charge in [-0.15, -0.1) is 0 Å².